The predicted molar refractivity (Wildman–Crippen MR) is 66.7 cm³/mol. The maximum atomic E-state index is 11.9. The Kier molecular flexibility index (Phi) is 3.65. The number of pyridine rings is 1. The van der Waals surface area contributed by atoms with Crippen LogP contribution < -0.4 is 5.32 Å². The number of aromatic nitrogens is 1. The minimum Gasteiger partial charge on any atom is -0.370 e. The fraction of sp³-hybridized carbons (Fsp3) is 0.308. The molecule has 0 fully saturated rings. The van der Waals surface area contributed by atoms with Gasteiger partial charge in [-0.05, 0) is 25.0 Å². The molecule has 88 valence electrons. The Morgan fingerprint density at radius 3 is 3.00 bits per heavy atom. The molecule has 1 unspecified atom stereocenters. The van der Waals surface area contributed by atoms with Gasteiger partial charge >= 0.3 is 0 Å². The summed E-state index contributed by atoms with van der Waals surface area (Å²) in [5.41, 5.74) is 1.05. The van der Waals surface area contributed by atoms with Crippen molar-refractivity contribution in [2.75, 3.05) is 6.54 Å². The molecule has 2 heterocycles. The zero-order valence-electron chi connectivity index (χ0n) is 9.76. The van der Waals surface area contributed by atoms with Gasteiger partial charge in [-0.15, -0.1) is 0 Å². The van der Waals surface area contributed by atoms with E-state index in [1.807, 2.05) is 19.1 Å². The predicted octanol–water partition coefficient (Wildman–Crippen LogP) is 1.34. The standard InChI is InChI=1S/C13H15N3O/c1-2-15-13-7-12(17)11(9-16-13)6-10-4-3-5-14-8-10/h3-5,7-9,11,15H,2,6H2,1H3. The maximum absolute atomic E-state index is 11.9. The average Bonchev–Trinajstić information content (AvgIpc) is 2.34. The van der Waals surface area contributed by atoms with Gasteiger partial charge in [0.05, 0.1) is 5.92 Å². The summed E-state index contributed by atoms with van der Waals surface area (Å²) in [5, 5.41) is 3.03. The van der Waals surface area contributed by atoms with Crippen molar-refractivity contribution in [3.63, 3.8) is 0 Å². The molecular formula is C13H15N3O. The van der Waals surface area contributed by atoms with E-state index in [0.29, 0.717) is 12.2 Å². The quantitative estimate of drug-likeness (QED) is 0.847. The third-order valence-corrected chi connectivity index (χ3v) is 2.57. The Labute approximate surface area is 100 Å². The van der Waals surface area contributed by atoms with E-state index in [9.17, 15) is 4.79 Å². The van der Waals surface area contributed by atoms with Crippen molar-refractivity contribution in [3.8, 4) is 0 Å². The third kappa shape index (κ3) is 3.00. The molecule has 1 aromatic heterocycles. The molecule has 0 amide bonds. The fourth-order valence-corrected chi connectivity index (χ4v) is 1.73. The first-order valence-corrected chi connectivity index (χ1v) is 5.72. The molecule has 0 saturated heterocycles. The molecule has 1 aliphatic rings. The molecule has 2 rings (SSSR count). The number of hydrogen-bond donors (Lipinski definition) is 1. The van der Waals surface area contributed by atoms with Crippen molar-refractivity contribution in [3.05, 3.63) is 42.0 Å². The third-order valence-electron chi connectivity index (χ3n) is 2.57. The van der Waals surface area contributed by atoms with Crippen LogP contribution >= 0.6 is 0 Å². The summed E-state index contributed by atoms with van der Waals surface area (Å²) in [6.07, 6.45) is 7.46. The topological polar surface area (TPSA) is 54.4 Å². The van der Waals surface area contributed by atoms with E-state index in [1.54, 1.807) is 24.7 Å². The van der Waals surface area contributed by atoms with Crippen LogP contribution in [0, 0.1) is 5.92 Å². The average molecular weight is 229 g/mol. The number of aliphatic imine (C=N–C) groups is 1. The number of nitrogens with zero attached hydrogens (tertiary/aromatic N) is 2. The summed E-state index contributed by atoms with van der Waals surface area (Å²) in [6.45, 7) is 2.74. The minimum atomic E-state index is -0.165. The van der Waals surface area contributed by atoms with Gasteiger partial charge in [-0.1, -0.05) is 6.07 Å². The van der Waals surface area contributed by atoms with Gasteiger partial charge in [0.15, 0.2) is 5.78 Å². The van der Waals surface area contributed by atoms with Gasteiger partial charge < -0.3 is 5.32 Å². The molecule has 0 bridgehead atoms. The van der Waals surface area contributed by atoms with Gasteiger partial charge in [-0.3, -0.25) is 9.78 Å². The molecule has 0 spiro atoms. The van der Waals surface area contributed by atoms with Gasteiger partial charge in [-0.25, -0.2) is 4.99 Å². The largest absolute Gasteiger partial charge is 0.370 e. The van der Waals surface area contributed by atoms with E-state index in [0.717, 1.165) is 12.1 Å². The molecule has 1 aromatic rings. The van der Waals surface area contributed by atoms with Crippen LogP contribution in [0.3, 0.4) is 0 Å². The van der Waals surface area contributed by atoms with E-state index in [2.05, 4.69) is 15.3 Å². The van der Waals surface area contributed by atoms with Crippen molar-refractivity contribution in [1.82, 2.24) is 10.3 Å². The van der Waals surface area contributed by atoms with E-state index in [-0.39, 0.29) is 11.7 Å². The Morgan fingerprint density at radius 1 is 1.47 bits per heavy atom. The summed E-state index contributed by atoms with van der Waals surface area (Å²) < 4.78 is 0. The first-order chi connectivity index (χ1) is 8.29. The van der Waals surface area contributed by atoms with Gasteiger partial charge in [-0.2, -0.15) is 0 Å². The van der Waals surface area contributed by atoms with Crippen LogP contribution in [0.15, 0.2) is 41.4 Å². The Bertz CT molecular complexity index is 451. The molecule has 0 aliphatic carbocycles. The smallest absolute Gasteiger partial charge is 0.168 e. The maximum Gasteiger partial charge on any atom is 0.168 e. The van der Waals surface area contributed by atoms with Crippen LogP contribution in [-0.4, -0.2) is 23.5 Å². The van der Waals surface area contributed by atoms with Crippen molar-refractivity contribution in [2.24, 2.45) is 10.9 Å². The lowest BCUT2D eigenvalue weighted by molar-refractivity contribution is -0.116. The van der Waals surface area contributed by atoms with Crippen molar-refractivity contribution < 1.29 is 4.79 Å². The SMILES string of the molecule is CCNC1=CC(=O)C(Cc2cccnc2)C=N1. The molecule has 1 atom stereocenters. The van der Waals surface area contributed by atoms with Crippen LogP contribution in [-0.2, 0) is 11.2 Å². The lowest BCUT2D eigenvalue weighted by Gasteiger charge is -2.14. The monoisotopic (exact) mass is 229 g/mol. The Balaban J connectivity index is 2.02. The molecule has 17 heavy (non-hydrogen) atoms. The Hall–Kier alpha value is -1.97. The number of ketones is 1. The summed E-state index contributed by atoms with van der Waals surface area (Å²) in [6, 6.07) is 3.84. The van der Waals surface area contributed by atoms with Crippen LogP contribution in [0.5, 0.6) is 0 Å². The summed E-state index contributed by atoms with van der Waals surface area (Å²) in [5.74, 6) is 0.585. The van der Waals surface area contributed by atoms with Crippen LogP contribution in [0.1, 0.15) is 12.5 Å². The van der Waals surface area contributed by atoms with Gasteiger partial charge in [0.25, 0.3) is 0 Å². The highest BCUT2D eigenvalue weighted by Gasteiger charge is 2.19. The second-order valence-electron chi connectivity index (χ2n) is 3.91. The summed E-state index contributed by atoms with van der Waals surface area (Å²) in [7, 11) is 0. The molecular weight excluding hydrogens is 214 g/mol. The molecule has 1 aliphatic heterocycles. The molecule has 0 aromatic carbocycles. The number of carbonyl (C=O) groups excluding carboxylic acids is 1. The number of nitrogens with one attached hydrogen (secondary N) is 1. The van der Waals surface area contributed by atoms with E-state index in [1.165, 1.54) is 0 Å². The van der Waals surface area contributed by atoms with Crippen LogP contribution in [0.25, 0.3) is 0 Å². The zero-order valence-corrected chi connectivity index (χ0v) is 9.76. The molecule has 4 nitrogen and oxygen atoms in total. The minimum absolute atomic E-state index is 0.0970. The van der Waals surface area contributed by atoms with Crippen LogP contribution in [0.2, 0.25) is 0 Å². The van der Waals surface area contributed by atoms with Gasteiger partial charge in [0.1, 0.15) is 5.82 Å². The first-order valence-electron chi connectivity index (χ1n) is 5.72. The van der Waals surface area contributed by atoms with E-state index in [4.69, 9.17) is 0 Å². The number of allylic oxidation sites excluding steroid dienone is 1. The Morgan fingerprint density at radius 2 is 2.35 bits per heavy atom. The van der Waals surface area contributed by atoms with Crippen LogP contribution in [0.4, 0.5) is 0 Å². The molecule has 4 heteroatoms. The summed E-state index contributed by atoms with van der Waals surface area (Å²) in [4.78, 5) is 20.1. The van der Waals surface area contributed by atoms with Crippen molar-refractivity contribution in [2.45, 2.75) is 13.3 Å². The fourth-order valence-electron chi connectivity index (χ4n) is 1.73. The first kappa shape index (κ1) is 11.5. The number of carbonyl (C=O) groups is 1. The normalized spacial score (nSPS) is 19.0. The second-order valence-corrected chi connectivity index (χ2v) is 3.91. The summed E-state index contributed by atoms with van der Waals surface area (Å²) >= 11 is 0. The molecule has 0 radical (unpaired) electrons. The molecule has 1 N–H and O–H groups in total. The highest BCUT2D eigenvalue weighted by atomic mass is 16.1. The van der Waals surface area contributed by atoms with E-state index < -0.39 is 0 Å². The highest BCUT2D eigenvalue weighted by molar-refractivity contribution is 6.04. The number of hydrogen-bond acceptors (Lipinski definition) is 4. The lowest BCUT2D eigenvalue weighted by Crippen LogP contribution is -2.24. The van der Waals surface area contributed by atoms with Gasteiger partial charge in [0, 0.05) is 31.2 Å². The second kappa shape index (κ2) is 5.39. The molecule has 0 saturated carbocycles. The lowest BCUT2D eigenvalue weighted by atomic mass is 9.95. The number of rotatable bonds is 4. The van der Waals surface area contributed by atoms with Gasteiger partial charge in [0.2, 0.25) is 0 Å². The highest BCUT2D eigenvalue weighted by Crippen LogP contribution is 2.13. The van der Waals surface area contributed by atoms with E-state index >= 15 is 0 Å². The van der Waals surface area contributed by atoms with Crippen molar-refractivity contribution in [1.29, 1.82) is 0 Å². The zero-order chi connectivity index (χ0) is 12.1. The van der Waals surface area contributed by atoms with Crippen molar-refractivity contribution >= 4 is 12.0 Å².